The summed E-state index contributed by atoms with van der Waals surface area (Å²) in [6, 6.07) is 0.293. The predicted octanol–water partition coefficient (Wildman–Crippen LogP) is 0.115. The van der Waals surface area contributed by atoms with Gasteiger partial charge in [0.05, 0.1) is 5.75 Å². The third-order valence-corrected chi connectivity index (χ3v) is 5.26. The Morgan fingerprint density at radius 2 is 2.00 bits per heavy atom. The summed E-state index contributed by atoms with van der Waals surface area (Å²) < 4.78 is 25.7. The lowest BCUT2D eigenvalue weighted by Crippen LogP contribution is -2.53. The van der Waals surface area contributed by atoms with E-state index in [0.29, 0.717) is 32.0 Å². The molecule has 0 aromatic heterocycles. The van der Waals surface area contributed by atoms with Gasteiger partial charge in [-0.25, -0.2) is 8.42 Å². The Hall–Kier alpha value is -0.170. The van der Waals surface area contributed by atoms with E-state index >= 15 is 0 Å². The largest absolute Gasteiger partial charge is 0.396 e. The van der Waals surface area contributed by atoms with Crippen LogP contribution in [0, 0.1) is 0 Å². The van der Waals surface area contributed by atoms with E-state index in [2.05, 4.69) is 18.7 Å². The Morgan fingerprint density at radius 3 is 2.53 bits per heavy atom. The first kappa shape index (κ1) is 14.9. The van der Waals surface area contributed by atoms with E-state index in [-0.39, 0.29) is 12.4 Å². The zero-order chi connectivity index (χ0) is 12.9. The number of rotatable bonds is 6. The van der Waals surface area contributed by atoms with Crippen molar-refractivity contribution in [3.8, 4) is 0 Å². The van der Waals surface area contributed by atoms with Crippen LogP contribution < -0.4 is 0 Å². The Labute approximate surface area is 104 Å². The molecule has 0 radical (unpaired) electrons. The molecule has 1 fully saturated rings. The third-order valence-electron chi connectivity index (χ3n) is 3.34. The number of sulfonamides is 1. The smallest absolute Gasteiger partial charge is 0.214 e. The first-order valence-electron chi connectivity index (χ1n) is 6.34. The number of hydrogen-bond acceptors (Lipinski definition) is 4. The van der Waals surface area contributed by atoms with Gasteiger partial charge in [0.2, 0.25) is 10.0 Å². The SMILES string of the molecule is CCN1CCN(S(=O)(=O)CCCCO)CC1C. The van der Waals surface area contributed by atoms with Crippen LogP contribution in [0.2, 0.25) is 0 Å². The zero-order valence-electron chi connectivity index (χ0n) is 10.8. The van der Waals surface area contributed by atoms with Crippen molar-refractivity contribution in [3.05, 3.63) is 0 Å². The molecule has 0 saturated carbocycles. The number of nitrogens with zero attached hydrogens (tertiary/aromatic N) is 2. The van der Waals surface area contributed by atoms with Gasteiger partial charge >= 0.3 is 0 Å². The molecule has 6 heteroatoms. The molecular formula is C11H24N2O3S. The highest BCUT2D eigenvalue weighted by atomic mass is 32.2. The summed E-state index contributed by atoms with van der Waals surface area (Å²) in [4.78, 5) is 2.29. The minimum atomic E-state index is -3.12. The summed E-state index contributed by atoms with van der Waals surface area (Å²) in [5.74, 6) is 0.159. The van der Waals surface area contributed by atoms with Crippen molar-refractivity contribution in [2.24, 2.45) is 0 Å². The lowest BCUT2D eigenvalue weighted by Gasteiger charge is -2.38. The van der Waals surface area contributed by atoms with Crippen molar-refractivity contribution in [2.45, 2.75) is 32.7 Å². The maximum Gasteiger partial charge on any atom is 0.214 e. The third kappa shape index (κ3) is 4.21. The number of unbranched alkanes of at least 4 members (excludes halogenated alkanes) is 1. The van der Waals surface area contributed by atoms with Gasteiger partial charge in [0.1, 0.15) is 0 Å². The van der Waals surface area contributed by atoms with Crippen molar-refractivity contribution >= 4 is 10.0 Å². The van der Waals surface area contributed by atoms with Gasteiger partial charge in [-0.2, -0.15) is 4.31 Å². The fourth-order valence-corrected chi connectivity index (χ4v) is 3.84. The van der Waals surface area contributed by atoms with Crippen LogP contribution in [0.15, 0.2) is 0 Å². The lowest BCUT2D eigenvalue weighted by atomic mass is 10.2. The maximum atomic E-state index is 12.0. The van der Waals surface area contributed by atoms with Crippen molar-refractivity contribution < 1.29 is 13.5 Å². The van der Waals surface area contributed by atoms with Gasteiger partial charge in [0.25, 0.3) is 0 Å². The maximum absolute atomic E-state index is 12.0. The second-order valence-corrected chi connectivity index (χ2v) is 6.67. The van der Waals surface area contributed by atoms with Crippen LogP contribution in [0.5, 0.6) is 0 Å². The standard InChI is InChI=1S/C11H24N2O3S/c1-3-12-6-7-13(10-11(12)2)17(15,16)9-5-4-8-14/h11,14H,3-10H2,1-2H3. The highest BCUT2D eigenvalue weighted by Gasteiger charge is 2.29. The van der Waals surface area contributed by atoms with Gasteiger partial charge in [0, 0.05) is 32.3 Å². The molecule has 0 amide bonds. The summed E-state index contributed by atoms with van der Waals surface area (Å²) >= 11 is 0. The van der Waals surface area contributed by atoms with Crippen LogP contribution in [0.1, 0.15) is 26.7 Å². The van der Waals surface area contributed by atoms with E-state index in [1.165, 1.54) is 0 Å². The normalized spacial score (nSPS) is 24.1. The van der Waals surface area contributed by atoms with Crippen molar-refractivity contribution in [1.29, 1.82) is 0 Å². The number of aliphatic hydroxyl groups is 1. The molecule has 1 saturated heterocycles. The summed E-state index contributed by atoms with van der Waals surface area (Å²) in [7, 11) is -3.12. The molecule has 1 N–H and O–H groups in total. The first-order chi connectivity index (χ1) is 8.01. The second kappa shape index (κ2) is 6.68. The summed E-state index contributed by atoms with van der Waals surface area (Å²) in [5, 5.41) is 8.67. The Kier molecular flexibility index (Phi) is 5.85. The lowest BCUT2D eigenvalue weighted by molar-refractivity contribution is 0.135. The Balaban J connectivity index is 2.50. The summed E-state index contributed by atoms with van der Waals surface area (Å²) in [6.45, 7) is 7.21. The summed E-state index contributed by atoms with van der Waals surface area (Å²) in [5.41, 5.74) is 0. The molecule has 0 bridgehead atoms. The molecule has 102 valence electrons. The fourth-order valence-electron chi connectivity index (χ4n) is 2.21. The quantitative estimate of drug-likeness (QED) is 0.692. The van der Waals surface area contributed by atoms with Gasteiger partial charge in [-0.05, 0) is 26.3 Å². The molecule has 17 heavy (non-hydrogen) atoms. The molecule has 5 nitrogen and oxygen atoms in total. The van der Waals surface area contributed by atoms with Crippen LogP contribution in [0.25, 0.3) is 0 Å². The molecule has 0 spiro atoms. The average molecular weight is 264 g/mol. The average Bonchev–Trinajstić information content (AvgIpc) is 2.29. The van der Waals surface area contributed by atoms with E-state index in [1.54, 1.807) is 4.31 Å². The van der Waals surface area contributed by atoms with Gasteiger partial charge in [-0.3, -0.25) is 4.90 Å². The molecule has 0 aromatic carbocycles. The molecule has 1 unspecified atom stereocenters. The second-order valence-electron chi connectivity index (χ2n) is 4.58. The highest BCUT2D eigenvalue weighted by Crippen LogP contribution is 2.14. The van der Waals surface area contributed by atoms with E-state index in [1.807, 2.05) is 0 Å². The van der Waals surface area contributed by atoms with Gasteiger partial charge < -0.3 is 5.11 Å². The predicted molar refractivity (Wildman–Crippen MR) is 68.4 cm³/mol. The zero-order valence-corrected chi connectivity index (χ0v) is 11.6. The highest BCUT2D eigenvalue weighted by molar-refractivity contribution is 7.89. The molecule has 1 heterocycles. The minimum Gasteiger partial charge on any atom is -0.396 e. The van der Waals surface area contributed by atoms with Crippen LogP contribution in [0.3, 0.4) is 0 Å². The van der Waals surface area contributed by atoms with Crippen LogP contribution in [-0.2, 0) is 10.0 Å². The van der Waals surface area contributed by atoms with Gasteiger partial charge in [-0.1, -0.05) is 6.92 Å². The minimum absolute atomic E-state index is 0.0650. The van der Waals surface area contributed by atoms with Crippen LogP contribution in [0.4, 0.5) is 0 Å². The van der Waals surface area contributed by atoms with Gasteiger partial charge in [0.15, 0.2) is 0 Å². The molecule has 0 aliphatic carbocycles. The Morgan fingerprint density at radius 1 is 1.29 bits per heavy atom. The monoisotopic (exact) mass is 264 g/mol. The first-order valence-corrected chi connectivity index (χ1v) is 7.95. The number of hydrogen-bond donors (Lipinski definition) is 1. The molecule has 1 aliphatic rings. The summed E-state index contributed by atoms with van der Waals surface area (Å²) in [6.07, 6.45) is 1.10. The van der Waals surface area contributed by atoms with E-state index in [9.17, 15) is 8.42 Å². The topological polar surface area (TPSA) is 60.9 Å². The van der Waals surface area contributed by atoms with Crippen LogP contribution >= 0.6 is 0 Å². The van der Waals surface area contributed by atoms with E-state index in [0.717, 1.165) is 13.1 Å². The van der Waals surface area contributed by atoms with Crippen LogP contribution in [-0.4, -0.2) is 67.3 Å². The van der Waals surface area contributed by atoms with E-state index in [4.69, 9.17) is 5.11 Å². The molecular weight excluding hydrogens is 240 g/mol. The molecule has 1 rings (SSSR count). The van der Waals surface area contributed by atoms with Crippen molar-refractivity contribution in [2.75, 3.05) is 38.5 Å². The fraction of sp³-hybridized carbons (Fsp3) is 1.00. The van der Waals surface area contributed by atoms with Crippen molar-refractivity contribution in [1.82, 2.24) is 9.21 Å². The number of piperazine rings is 1. The molecule has 0 aromatic rings. The number of likely N-dealkylation sites (N-methyl/N-ethyl adjacent to an activating group) is 1. The van der Waals surface area contributed by atoms with E-state index < -0.39 is 10.0 Å². The molecule has 1 aliphatic heterocycles. The molecule has 1 atom stereocenters. The van der Waals surface area contributed by atoms with Crippen molar-refractivity contribution in [3.63, 3.8) is 0 Å². The number of aliphatic hydroxyl groups excluding tert-OH is 1. The van der Waals surface area contributed by atoms with Gasteiger partial charge in [-0.15, -0.1) is 0 Å². The Bertz CT molecular complexity index is 319.